The first-order valence-electron chi connectivity index (χ1n) is 6.15. The highest BCUT2D eigenvalue weighted by molar-refractivity contribution is 5.18. The molecule has 0 saturated carbocycles. The average molecular weight is 256 g/mol. The Bertz CT molecular complexity index is 395. The molecule has 2 N–H and O–H groups in total. The molecule has 0 aromatic heterocycles. The molecule has 1 heterocycles. The predicted molar refractivity (Wildman–Crippen MR) is 65.3 cm³/mol. The maximum Gasteiger partial charge on any atom is 0.159 e. The van der Waals surface area contributed by atoms with Crippen molar-refractivity contribution in [2.45, 2.75) is 12.5 Å². The molecule has 5 heteroatoms. The fourth-order valence-electron chi connectivity index (χ4n) is 2.15. The number of benzene rings is 1. The molecule has 0 spiro atoms. The summed E-state index contributed by atoms with van der Waals surface area (Å²) in [5.41, 5.74) is 6.76. The summed E-state index contributed by atoms with van der Waals surface area (Å²) in [4.78, 5) is 2.23. The molecule has 0 unspecified atom stereocenters. The molecule has 0 amide bonds. The molecule has 100 valence electrons. The largest absolute Gasteiger partial charge is 0.379 e. The van der Waals surface area contributed by atoms with Gasteiger partial charge in [-0.25, -0.2) is 8.78 Å². The predicted octanol–water partition coefficient (Wildman–Crippen LogP) is 1.17. The molecule has 2 rings (SSSR count). The van der Waals surface area contributed by atoms with Crippen molar-refractivity contribution >= 4 is 0 Å². The van der Waals surface area contributed by atoms with Gasteiger partial charge in [0.05, 0.1) is 13.2 Å². The lowest BCUT2D eigenvalue weighted by atomic mass is 10.1. The van der Waals surface area contributed by atoms with Crippen LogP contribution in [0.1, 0.15) is 5.56 Å². The number of hydrogen-bond donors (Lipinski definition) is 1. The first-order valence-corrected chi connectivity index (χ1v) is 6.15. The lowest BCUT2D eigenvalue weighted by Gasteiger charge is -2.29. The first-order chi connectivity index (χ1) is 8.65. The number of morpholine rings is 1. The van der Waals surface area contributed by atoms with Crippen LogP contribution in [-0.4, -0.2) is 43.8 Å². The Hall–Kier alpha value is -1.04. The van der Waals surface area contributed by atoms with Crippen LogP contribution in [0.2, 0.25) is 0 Å². The molecule has 0 bridgehead atoms. The van der Waals surface area contributed by atoms with Crippen LogP contribution >= 0.6 is 0 Å². The first kappa shape index (κ1) is 13.4. The van der Waals surface area contributed by atoms with Crippen LogP contribution in [-0.2, 0) is 11.2 Å². The van der Waals surface area contributed by atoms with E-state index >= 15 is 0 Å². The number of nitrogens with zero attached hydrogens (tertiary/aromatic N) is 1. The molecule has 1 aromatic carbocycles. The SMILES string of the molecule is N[C@H](Cc1ccc(F)c(F)c1)CN1CCOCC1. The van der Waals surface area contributed by atoms with E-state index in [-0.39, 0.29) is 6.04 Å². The quantitative estimate of drug-likeness (QED) is 0.878. The summed E-state index contributed by atoms with van der Waals surface area (Å²) in [6.07, 6.45) is 0.550. The maximum atomic E-state index is 13.0. The summed E-state index contributed by atoms with van der Waals surface area (Å²) in [7, 11) is 0. The lowest BCUT2D eigenvalue weighted by molar-refractivity contribution is 0.0353. The van der Waals surface area contributed by atoms with E-state index in [9.17, 15) is 8.78 Å². The average Bonchev–Trinajstić information content (AvgIpc) is 2.35. The van der Waals surface area contributed by atoms with Crippen molar-refractivity contribution in [1.29, 1.82) is 0 Å². The van der Waals surface area contributed by atoms with Crippen LogP contribution in [0.25, 0.3) is 0 Å². The molecule has 18 heavy (non-hydrogen) atoms. The van der Waals surface area contributed by atoms with E-state index in [1.54, 1.807) is 6.07 Å². The molecule has 0 aliphatic carbocycles. The van der Waals surface area contributed by atoms with Gasteiger partial charge in [-0.1, -0.05) is 6.07 Å². The number of ether oxygens (including phenoxy) is 1. The third-order valence-electron chi connectivity index (χ3n) is 3.08. The van der Waals surface area contributed by atoms with Gasteiger partial charge >= 0.3 is 0 Å². The fourth-order valence-corrected chi connectivity index (χ4v) is 2.15. The fraction of sp³-hybridized carbons (Fsp3) is 0.538. The summed E-state index contributed by atoms with van der Waals surface area (Å²) < 4.78 is 31.1. The summed E-state index contributed by atoms with van der Waals surface area (Å²) in [6, 6.07) is 3.87. The topological polar surface area (TPSA) is 38.5 Å². The van der Waals surface area contributed by atoms with Crippen LogP contribution in [0, 0.1) is 11.6 Å². The molecule has 1 aliphatic rings. The third-order valence-corrected chi connectivity index (χ3v) is 3.08. The van der Waals surface area contributed by atoms with E-state index < -0.39 is 11.6 Å². The van der Waals surface area contributed by atoms with E-state index in [4.69, 9.17) is 10.5 Å². The van der Waals surface area contributed by atoms with Crippen molar-refractivity contribution in [3.63, 3.8) is 0 Å². The van der Waals surface area contributed by atoms with Crippen LogP contribution in [0.4, 0.5) is 8.78 Å². The minimum absolute atomic E-state index is 0.0760. The van der Waals surface area contributed by atoms with Gasteiger partial charge in [-0.3, -0.25) is 4.90 Å². The van der Waals surface area contributed by atoms with Crippen molar-refractivity contribution in [3.05, 3.63) is 35.4 Å². The Morgan fingerprint density at radius 2 is 1.94 bits per heavy atom. The van der Waals surface area contributed by atoms with Gasteiger partial charge in [0, 0.05) is 25.7 Å². The summed E-state index contributed by atoms with van der Waals surface area (Å²) in [6.45, 7) is 3.98. The zero-order valence-corrected chi connectivity index (χ0v) is 10.2. The Kier molecular flexibility index (Phi) is 4.63. The van der Waals surface area contributed by atoms with Gasteiger partial charge < -0.3 is 10.5 Å². The molecule has 1 aliphatic heterocycles. The van der Waals surface area contributed by atoms with Crippen LogP contribution < -0.4 is 5.73 Å². The highest BCUT2D eigenvalue weighted by Crippen LogP contribution is 2.10. The Morgan fingerprint density at radius 1 is 1.22 bits per heavy atom. The Morgan fingerprint density at radius 3 is 2.61 bits per heavy atom. The highest BCUT2D eigenvalue weighted by Gasteiger charge is 2.14. The van der Waals surface area contributed by atoms with E-state index in [2.05, 4.69) is 4.90 Å². The summed E-state index contributed by atoms with van der Waals surface area (Å²) in [5.74, 6) is -1.63. The van der Waals surface area contributed by atoms with Crippen molar-refractivity contribution in [2.75, 3.05) is 32.8 Å². The van der Waals surface area contributed by atoms with E-state index in [0.717, 1.165) is 44.5 Å². The van der Waals surface area contributed by atoms with Crippen molar-refractivity contribution < 1.29 is 13.5 Å². The smallest absolute Gasteiger partial charge is 0.159 e. The number of rotatable bonds is 4. The van der Waals surface area contributed by atoms with E-state index in [0.29, 0.717) is 6.42 Å². The number of nitrogens with two attached hydrogens (primary N) is 1. The molecule has 3 nitrogen and oxygen atoms in total. The molecule has 1 atom stereocenters. The third kappa shape index (κ3) is 3.73. The Labute approximate surface area is 106 Å². The number of hydrogen-bond acceptors (Lipinski definition) is 3. The zero-order valence-electron chi connectivity index (χ0n) is 10.2. The lowest BCUT2D eigenvalue weighted by Crippen LogP contribution is -2.44. The van der Waals surface area contributed by atoms with Gasteiger partial charge in [-0.05, 0) is 24.1 Å². The van der Waals surface area contributed by atoms with Crippen molar-refractivity contribution in [3.8, 4) is 0 Å². The van der Waals surface area contributed by atoms with Gasteiger partial charge in [0.15, 0.2) is 11.6 Å². The summed E-state index contributed by atoms with van der Waals surface area (Å²) in [5, 5.41) is 0. The van der Waals surface area contributed by atoms with Gasteiger partial charge in [0.2, 0.25) is 0 Å². The zero-order chi connectivity index (χ0) is 13.0. The van der Waals surface area contributed by atoms with Crippen LogP contribution in [0.15, 0.2) is 18.2 Å². The standard InChI is InChI=1S/C13H18F2N2O/c14-12-2-1-10(8-13(12)15)7-11(16)9-17-3-5-18-6-4-17/h1-2,8,11H,3-7,9,16H2/t11-/m1/s1. The molecular formula is C13H18F2N2O. The van der Waals surface area contributed by atoms with Gasteiger partial charge in [-0.2, -0.15) is 0 Å². The van der Waals surface area contributed by atoms with Crippen molar-refractivity contribution in [2.24, 2.45) is 5.73 Å². The van der Waals surface area contributed by atoms with Gasteiger partial charge in [0.25, 0.3) is 0 Å². The normalized spacial score (nSPS) is 18.8. The molecule has 1 fully saturated rings. The van der Waals surface area contributed by atoms with E-state index in [1.165, 1.54) is 6.07 Å². The highest BCUT2D eigenvalue weighted by atomic mass is 19.2. The van der Waals surface area contributed by atoms with E-state index in [1.807, 2.05) is 0 Å². The molecule has 1 aromatic rings. The second-order valence-electron chi connectivity index (χ2n) is 4.63. The second kappa shape index (κ2) is 6.22. The van der Waals surface area contributed by atoms with Crippen molar-refractivity contribution in [1.82, 2.24) is 4.90 Å². The second-order valence-corrected chi connectivity index (χ2v) is 4.63. The molecular weight excluding hydrogens is 238 g/mol. The van der Waals surface area contributed by atoms with Crippen LogP contribution in [0.3, 0.4) is 0 Å². The van der Waals surface area contributed by atoms with Gasteiger partial charge in [-0.15, -0.1) is 0 Å². The minimum atomic E-state index is -0.819. The Balaban J connectivity index is 1.85. The van der Waals surface area contributed by atoms with Crippen LogP contribution in [0.5, 0.6) is 0 Å². The number of halogens is 2. The molecule has 1 saturated heterocycles. The molecule has 0 radical (unpaired) electrons. The summed E-state index contributed by atoms with van der Waals surface area (Å²) >= 11 is 0. The maximum absolute atomic E-state index is 13.0. The minimum Gasteiger partial charge on any atom is -0.379 e. The van der Waals surface area contributed by atoms with Gasteiger partial charge in [0.1, 0.15) is 0 Å². The monoisotopic (exact) mass is 256 g/mol.